The van der Waals surface area contributed by atoms with Crippen LogP contribution < -0.4 is 9.80 Å². The SMILES string of the molecule is N#Cc1cn(C(=O)c2ccc(N3CCN(c4ccccc4)CC3)c([N+](=O)[O-])c2)c2ccccc12. The van der Waals surface area contributed by atoms with Crippen molar-refractivity contribution in [1.29, 1.82) is 5.26 Å². The first-order valence-electron chi connectivity index (χ1n) is 10.9. The minimum Gasteiger partial charge on any atom is -0.368 e. The second kappa shape index (κ2) is 8.71. The van der Waals surface area contributed by atoms with Crippen molar-refractivity contribution in [2.45, 2.75) is 0 Å². The number of hydrogen-bond donors (Lipinski definition) is 0. The Morgan fingerprint density at radius 3 is 2.29 bits per heavy atom. The van der Waals surface area contributed by atoms with E-state index in [4.69, 9.17) is 0 Å². The Kier molecular flexibility index (Phi) is 5.44. The van der Waals surface area contributed by atoms with E-state index in [-0.39, 0.29) is 11.3 Å². The van der Waals surface area contributed by atoms with Crippen LogP contribution >= 0.6 is 0 Å². The number of benzene rings is 3. The lowest BCUT2D eigenvalue weighted by Crippen LogP contribution is -2.46. The highest BCUT2D eigenvalue weighted by Gasteiger charge is 2.26. The molecule has 1 aromatic heterocycles. The summed E-state index contributed by atoms with van der Waals surface area (Å²) in [7, 11) is 0. The van der Waals surface area contributed by atoms with Gasteiger partial charge in [-0.05, 0) is 30.3 Å². The van der Waals surface area contributed by atoms with Crippen LogP contribution in [-0.2, 0) is 0 Å². The standard InChI is InChI=1S/C26H21N5O3/c27-17-20-18-30(23-9-5-4-8-22(20)23)26(32)19-10-11-24(25(16-19)31(33)34)29-14-12-28(13-15-29)21-6-2-1-3-7-21/h1-11,16,18H,12-15H2. The van der Waals surface area contributed by atoms with E-state index in [0.29, 0.717) is 35.2 Å². The minimum atomic E-state index is -0.440. The molecule has 3 aromatic carbocycles. The van der Waals surface area contributed by atoms with Gasteiger partial charge in [0.1, 0.15) is 11.8 Å². The van der Waals surface area contributed by atoms with Crippen molar-refractivity contribution in [2.24, 2.45) is 0 Å². The van der Waals surface area contributed by atoms with Crippen molar-refractivity contribution in [3.8, 4) is 6.07 Å². The second-order valence-corrected chi connectivity index (χ2v) is 8.12. The average molecular weight is 451 g/mol. The van der Waals surface area contributed by atoms with Gasteiger partial charge >= 0.3 is 0 Å². The molecule has 0 saturated carbocycles. The van der Waals surface area contributed by atoms with Crippen LogP contribution in [0.2, 0.25) is 0 Å². The minimum absolute atomic E-state index is 0.101. The molecule has 2 heterocycles. The fraction of sp³-hybridized carbons (Fsp3) is 0.154. The molecular formula is C26H21N5O3. The van der Waals surface area contributed by atoms with Crippen LogP contribution in [0.3, 0.4) is 0 Å². The number of piperazine rings is 1. The van der Waals surface area contributed by atoms with Crippen LogP contribution in [0, 0.1) is 21.4 Å². The lowest BCUT2D eigenvalue weighted by atomic mass is 10.1. The Bertz CT molecular complexity index is 1430. The molecule has 0 bridgehead atoms. The summed E-state index contributed by atoms with van der Waals surface area (Å²) in [4.78, 5) is 29.0. The van der Waals surface area contributed by atoms with E-state index in [0.717, 1.165) is 18.8 Å². The maximum atomic E-state index is 13.3. The molecule has 1 aliphatic heterocycles. The molecule has 0 radical (unpaired) electrons. The fourth-order valence-corrected chi connectivity index (χ4v) is 4.49. The number of hydrogen-bond acceptors (Lipinski definition) is 6. The van der Waals surface area contributed by atoms with E-state index < -0.39 is 10.8 Å². The number of aromatic nitrogens is 1. The summed E-state index contributed by atoms with van der Waals surface area (Å²) in [6, 6.07) is 23.9. The van der Waals surface area contributed by atoms with Crippen molar-refractivity contribution in [3.05, 3.63) is 100 Å². The molecule has 0 atom stereocenters. The molecule has 8 heteroatoms. The van der Waals surface area contributed by atoms with Crippen LogP contribution in [0.15, 0.2) is 79.0 Å². The number of nitriles is 1. The van der Waals surface area contributed by atoms with E-state index in [2.05, 4.69) is 23.1 Å². The fourth-order valence-electron chi connectivity index (χ4n) is 4.49. The molecule has 34 heavy (non-hydrogen) atoms. The summed E-state index contributed by atoms with van der Waals surface area (Å²) < 4.78 is 1.38. The Morgan fingerprint density at radius 2 is 1.59 bits per heavy atom. The van der Waals surface area contributed by atoms with Crippen molar-refractivity contribution >= 4 is 33.9 Å². The Morgan fingerprint density at radius 1 is 0.912 bits per heavy atom. The summed E-state index contributed by atoms with van der Waals surface area (Å²) in [5, 5.41) is 22.0. The highest BCUT2D eigenvalue weighted by molar-refractivity contribution is 6.04. The van der Waals surface area contributed by atoms with E-state index in [1.165, 1.54) is 16.8 Å². The summed E-state index contributed by atoms with van der Waals surface area (Å²) in [6.07, 6.45) is 1.48. The smallest absolute Gasteiger partial charge is 0.293 e. The molecule has 1 fully saturated rings. The third-order valence-corrected chi connectivity index (χ3v) is 6.21. The zero-order valence-corrected chi connectivity index (χ0v) is 18.3. The number of para-hydroxylation sites is 2. The third-order valence-electron chi connectivity index (χ3n) is 6.21. The molecule has 0 N–H and O–H groups in total. The first-order valence-corrected chi connectivity index (χ1v) is 10.9. The van der Waals surface area contributed by atoms with Gasteiger partial charge in [0, 0.05) is 55.1 Å². The number of carbonyl (C=O) groups excluding carboxylic acids is 1. The van der Waals surface area contributed by atoms with Crippen molar-refractivity contribution in [3.63, 3.8) is 0 Å². The number of nitrogens with zero attached hydrogens (tertiary/aromatic N) is 5. The lowest BCUT2D eigenvalue weighted by molar-refractivity contribution is -0.384. The highest BCUT2D eigenvalue weighted by Crippen LogP contribution is 2.32. The van der Waals surface area contributed by atoms with E-state index in [9.17, 15) is 20.2 Å². The molecule has 0 spiro atoms. The molecule has 5 rings (SSSR count). The molecule has 0 amide bonds. The third kappa shape index (κ3) is 3.73. The van der Waals surface area contributed by atoms with Gasteiger partial charge < -0.3 is 9.80 Å². The maximum Gasteiger partial charge on any atom is 0.293 e. The van der Waals surface area contributed by atoms with Gasteiger partial charge in [-0.25, -0.2) is 0 Å². The summed E-state index contributed by atoms with van der Waals surface area (Å²) in [6.45, 7) is 2.76. The van der Waals surface area contributed by atoms with Gasteiger partial charge in [0.25, 0.3) is 11.6 Å². The van der Waals surface area contributed by atoms with Crippen LogP contribution in [0.5, 0.6) is 0 Å². The summed E-state index contributed by atoms with van der Waals surface area (Å²) >= 11 is 0. The molecule has 1 aliphatic rings. The first kappa shape index (κ1) is 21.2. The van der Waals surface area contributed by atoms with E-state index in [1.807, 2.05) is 23.1 Å². The second-order valence-electron chi connectivity index (χ2n) is 8.12. The molecule has 8 nitrogen and oxygen atoms in total. The zero-order valence-electron chi connectivity index (χ0n) is 18.3. The molecule has 4 aromatic rings. The first-order chi connectivity index (χ1) is 16.6. The quantitative estimate of drug-likeness (QED) is 0.336. The Balaban J connectivity index is 1.43. The maximum absolute atomic E-state index is 13.3. The lowest BCUT2D eigenvalue weighted by Gasteiger charge is -2.37. The van der Waals surface area contributed by atoms with Gasteiger partial charge in [-0.1, -0.05) is 36.4 Å². The predicted molar refractivity (Wildman–Crippen MR) is 130 cm³/mol. The van der Waals surface area contributed by atoms with Gasteiger partial charge in [0.15, 0.2) is 0 Å². The van der Waals surface area contributed by atoms with Gasteiger partial charge in [0.05, 0.1) is 16.0 Å². The summed E-state index contributed by atoms with van der Waals surface area (Å²) in [5.74, 6) is -0.416. The summed E-state index contributed by atoms with van der Waals surface area (Å²) in [5.41, 5.74) is 2.70. The Labute approximate surface area is 196 Å². The molecule has 1 saturated heterocycles. The zero-order chi connectivity index (χ0) is 23.7. The monoisotopic (exact) mass is 451 g/mol. The Hall–Kier alpha value is -4.64. The largest absolute Gasteiger partial charge is 0.368 e. The predicted octanol–water partition coefficient (Wildman–Crippen LogP) is 4.44. The highest BCUT2D eigenvalue weighted by atomic mass is 16.6. The number of anilines is 2. The number of nitro groups is 1. The molecule has 168 valence electrons. The van der Waals surface area contributed by atoms with Gasteiger partial charge in [-0.15, -0.1) is 0 Å². The molecule has 0 aliphatic carbocycles. The van der Waals surface area contributed by atoms with E-state index >= 15 is 0 Å². The van der Waals surface area contributed by atoms with Gasteiger partial charge in [-0.2, -0.15) is 5.26 Å². The topological polar surface area (TPSA) is 95.4 Å². The van der Waals surface area contributed by atoms with Gasteiger partial charge in [-0.3, -0.25) is 19.5 Å². The van der Waals surface area contributed by atoms with Crippen LogP contribution in [-0.4, -0.2) is 41.6 Å². The van der Waals surface area contributed by atoms with Gasteiger partial charge in [0.2, 0.25) is 0 Å². The van der Waals surface area contributed by atoms with Crippen molar-refractivity contribution in [1.82, 2.24) is 4.57 Å². The molecular weight excluding hydrogens is 430 g/mol. The number of nitro benzene ring substituents is 1. The van der Waals surface area contributed by atoms with Crippen LogP contribution in [0.4, 0.5) is 17.1 Å². The van der Waals surface area contributed by atoms with E-state index in [1.54, 1.807) is 36.4 Å². The van der Waals surface area contributed by atoms with Crippen molar-refractivity contribution in [2.75, 3.05) is 36.0 Å². The number of fused-ring (bicyclic) bond motifs is 1. The number of carbonyl (C=O) groups is 1. The molecule has 0 unspecified atom stereocenters. The number of rotatable bonds is 4. The van der Waals surface area contributed by atoms with Crippen LogP contribution in [0.25, 0.3) is 10.9 Å². The van der Waals surface area contributed by atoms with Crippen molar-refractivity contribution < 1.29 is 9.72 Å². The van der Waals surface area contributed by atoms with Crippen LogP contribution in [0.1, 0.15) is 15.9 Å². The normalized spacial score (nSPS) is 13.6. The average Bonchev–Trinajstić information content (AvgIpc) is 3.27.